The summed E-state index contributed by atoms with van der Waals surface area (Å²) in [5.74, 6) is 2.40. The Morgan fingerprint density at radius 3 is 2.62 bits per heavy atom. The van der Waals surface area contributed by atoms with Crippen LogP contribution in [0.25, 0.3) is 33.7 Å². The van der Waals surface area contributed by atoms with Gasteiger partial charge in [0.15, 0.2) is 11.6 Å². The number of carbonyl (C=O) groups excluding carboxylic acids is 1. The zero-order valence-corrected chi connectivity index (χ0v) is 24.9. The highest BCUT2D eigenvalue weighted by Crippen LogP contribution is 2.44. The summed E-state index contributed by atoms with van der Waals surface area (Å²) in [6.45, 7) is 7.22. The summed E-state index contributed by atoms with van der Waals surface area (Å²) >= 11 is 6.89. The van der Waals surface area contributed by atoms with Gasteiger partial charge in [-0.05, 0) is 37.3 Å². The van der Waals surface area contributed by atoms with Crippen LogP contribution in [-0.2, 0) is 22.5 Å². The molecule has 3 heterocycles. The number of halogens is 1. The van der Waals surface area contributed by atoms with E-state index in [1.54, 1.807) is 44.5 Å². The van der Waals surface area contributed by atoms with Gasteiger partial charge in [0.25, 0.3) is 0 Å². The number of hydrogen-bond donors (Lipinski definition) is 2. The molecule has 1 aliphatic carbocycles. The summed E-state index contributed by atoms with van der Waals surface area (Å²) in [4.78, 5) is 26.9. The smallest absolute Gasteiger partial charge is 0.247 e. The highest BCUT2D eigenvalue weighted by atomic mass is 35.5. The summed E-state index contributed by atoms with van der Waals surface area (Å²) in [6, 6.07) is 3.71. The van der Waals surface area contributed by atoms with Crippen LogP contribution in [0.2, 0.25) is 5.02 Å². The van der Waals surface area contributed by atoms with E-state index in [0.29, 0.717) is 76.2 Å². The van der Waals surface area contributed by atoms with Gasteiger partial charge in [0.05, 0.1) is 50.0 Å². The standard InChI is InChI=1S/C30H34ClN7O4/c1-6-19-22(41-4)13-23(42-5)26(31)25(19)20-12-18-15-33-30(37-27(18)29(36-20)32-14-17-8-9-17)28-21(35-24(39)7-2)16-34-38(28)10-11-40-3/h7,12-13,15-17H,2,6,8-11,14H2,1,3-5H3,(H,32,36)(H,35,39). The fraction of sp³-hybridized carbons (Fsp3) is 0.367. The first-order chi connectivity index (χ1) is 20.4. The van der Waals surface area contributed by atoms with Gasteiger partial charge in [-0.1, -0.05) is 25.1 Å². The molecule has 1 amide bonds. The van der Waals surface area contributed by atoms with Gasteiger partial charge >= 0.3 is 0 Å². The minimum atomic E-state index is -0.362. The lowest BCUT2D eigenvalue weighted by Crippen LogP contribution is -2.12. The molecule has 42 heavy (non-hydrogen) atoms. The van der Waals surface area contributed by atoms with E-state index in [4.69, 9.17) is 40.8 Å². The molecule has 3 aromatic heterocycles. The Labute approximate surface area is 249 Å². The fourth-order valence-corrected chi connectivity index (χ4v) is 5.15. The van der Waals surface area contributed by atoms with Crippen molar-refractivity contribution in [3.05, 3.63) is 47.8 Å². The predicted molar refractivity (Wildman–Crippen MR) is 163 cm³/mol. The maximum Gasteiger partial charge on any atom is 0.247 e. The zero-order chi connectivity index (χ0) is 29.8. The Bertz CT molecular complexity index is 1630. The lowest BCUT2D eigenvalue weighted by Gasteiger charge is -2.18. The van der Waals surface area contributed by atoms with Gasteiger partial charge in [-0.3, -0.25) is 9.48 Å². The average molecular weight is 592 g/mol. The third-order valence-corrected chi connectivity index (χ3v) is 7.54. The van der Waals surface area contributed by atoms with E-state index < -0.39 is 0 Å². The third-order valence-electron chi connectivity index (χ3n) is 7.17. The van der Waals surface area contributed by atoms with Crippen LogP contribution in [-0.4, -0.2) is 65.1 Å². The summed E-state index contributed by atoms with van der Waals surface area (Å²) < 4.78 is 18.2. The largest absolute Gasteiger partial charge is 0.496 e. The Morgan fingerprint density at radius 2 is 1.95 bits per heavy atom. The van der Waals surface area contributed by atoms with Gasteiger partial charge < -0.3 is 24.8 Å². The van der Waals surface area contributed by atoms with E-state index in [1.807, 2.05) is 13.0 Å². The van der Waals surface area contributed by atoms with Crippen LogP contribution in [0, 0.1) is 5.92 Å². The fourth-order valence-electron chi connectivity index (χ4n) is 4.81. The first-order valence-electron chi connectivity index (χ1n) is 13.8. The number of nitrogens with one attached hydrogen (secondary N) is 2. The van der Waals surface area contributed by atoms with Crippen molar-refractivity contribution in [2.24, 2.45) is 5.92 Å². The van der Waals surface area contributed by atoms with Crippen molar-refractivity contribution in [2.75, 3.05) is 45.1 Å². The molecule has 0 bridgehead atoms. The molecule has 0 saturated heterocycles. The number of rotatable bonds is 13. The van der Waals surface area contributed by atoms with Crippen LogP contribution < -0.4 is 20.1 Å². The average Bonchev–Trinajstić information content (AvgIpc) is 3.76. The molecule has 12 heteroatoms. The van der Waals surface area contributed by atoms with E-state index >= 15 is 0 Å². The topological polar surface area (TPSA) is 125 Å². The summed E-state index contributed by atoms with van der Waals surface area (Å²) in [6.07, 6.45) is 7.54. The highest BCUT2D eigenvalue weighted by Gasteiger charge is 2.25. The van der Waals surface area contributed by atoms with Crippen molar-refractivity contribution < 1.29 is 19.0 Å². The SMILES string of the molecule is C=CC(=O)Nc1cnn(CCOC)c1-c1ncc2cc(-c3c(Cl)c(OC)cc(OC)c3CC)nc(NCC3CC3)c2n1. The predicted octanol–water partition coefficient (Wildman–Crippen LogP) is 5.38. The molecule has 220 valence electrons. The molecule has 0 spiro atoms. The number of ether oxygens (including phenoxy) is 3. The van der Waals surface area contributed by atoms with E-state index in [0.717, 1.165) is 23.1 Å². The maximum atomic E-state index is 12.2. The van der Waals surface area contributed by atoms with E-state index in [1.165, 1.54) is 18.9 Å². The number of benzene rings is 1. The summed E-state index contributed by atoms with van der Waals surface area (Å²) in [5, 5.41) is 12.0. The lowest BCUT2D eigenvalue weighted by molar-refractivity contribution is -0.111. The molecule has 5 rings (SSSR count). The molecule has 4 aromatic rings. The number of methoxy groups -OCH3 is 3. The van der Waals surface area contributed by atoms with Crippen molar-refractivity contribution in [3.8, 4) is 34.3 Å². The second-order valence-corrected chi connectivity index (χ2v) is 10.3. The number of nitrogens with zero attached hydrogens (tertiary/aromatic N) is 5. The number of pyridine rings is 1. The quantitative estimate of drug-likeness (QED) is 0.197. The van der Waals surface area contributed by atoms with E-state index in [2.05, 4.69) is 22.3 Å². The van der Waals surface area contributed by atoms with Gasteiger partial charge in [0.1, 0.15) is 22.7 Å². The van der Waals surface area contributed by atoms with Gasteiger partial charge in [-0.2, -0.15) is 5.10 Å². The molecule has 11 nitrogen and oxygen atoms in total. The maximum absolute atomic E-state index is 12.2. The number of fused-ring (bicyclic) bond motifs is 1. The Balaban J connectivity index is 1.69. The number of hydrogen-bond acceptors (Lipinski definition) is 9. The number of aromatic nitrogens is 5. The van der Waals surface area contributed by atoms with Crippen LogP contribution >= 0.6 is 11.6 Å². The van der Waals surface area contributed by atoms with Crippen molar-refractivity contribution in [1.29, 1.82) is 0 Å². The van der Waals surface area contributed by atoms with Gasteiger partial charge in [-0.15, -0.1) is 0 Å². The Kier molecular flexibility index (Phi) is 8.89. The molecule has 1 aromatic carbocycles. The Hall–Kier alpha value is -4.22. The second-order valence-electron chi connectivity index (χ2n) is 9.93. The molecule has 0 radical (unpaired) electrons. The van der Waals surface area contributed by atoms with Gasteiger partial charge in [-0.25, -0.2) is 15.0 Å². The van der Waals surface area contributed by atoms with Crippen LogP contribution in [0.5, 0.6) is 11.5 Å². The first-order valence-corrected chi connectivity index (χ1v) is 14.1. The second kappa shape index (κ2) is 12.7. The number of carbonyl (C=O) groups is 1. The molecule has 2 N–H and O–H groups in total. The molecule has 1 saturated carbocycles. The Morgan fingerprint density at radius 1 is 1.17 bits per heavy atom. The highest BCUT2D eigenvalue weighted by molar-refractivity contribution is 6.35. The van der Waals surface area contributed by atoms with Gasteiger partial charge in [0, 0.05) is 42.4 Å². The first kappa shape index (κ1) is 29.3. The van der Waals surface area contributed by atoms with E-state index in [-0.39, 0.29) is 5.91 Å². The van der Waals surface area contributed by atoms with E-state index in [9.17, 15) is 4.79 Å². The minimum Gasteiger partial charge on any atom is -0.496 e. The molecule has 1 fully saturated rings. The molecular weight excluding hydrogens is 558 g/mol. The van der Waals surface area contributed by atoms with Crippen LogP contribution in [0.3, 0.4) is 0 Å². The molecule has 0 atom stereocenters. The molecular formula is C30H34ClN7O4. The van der Waals surface area contributed by atoms with Crippen molar-refractivity contribution in [2.45, 2.75) is 32.7 Å². The zero-order valence-electron chi connectivity index (χ0n) is 24.2. The van der Waals surface area contributed by atoms with Crippen molar-refractivity contribution in [3.63, 3.8) is 0 Å². The number of amides is 1. The minimum absolute atomic E-state index is 0.362. The van der Waals surface area contributed by atoms with Crippen molar-refractivity contribution >= 4 is 39.9 Å². The van der Waals surface area contributed by atoms with Crippen LogP contribution in [0.1, 0.15) is 25.3 Å². The molecule has 0 unspecified atom stereocenters. The van der Waals surface area contributed by atoms with Crippen LogP contribution in [0.4, 0.5) is 11.5 Å². The van der Waals surface area contributed by atoms with Crippen LogP contribution in [0.15, 0.2) is 37.2 Å². The van der Waals surface area contributed by atoms with Gasteiger partial charge in [0.2, 0.25) is 5.91 Å². The van der Waals surface area contributed by atoms with Crippen molar-refractivity contribution in [1.82, 2.24) is 24.7 Å². The molecule has 1 aliphatic rings. The lowest BCUT2D eigenvalue weighted by atomic mass is 9.99. The summed E-state index contributed by atoms with van der Waals surface area (Å²) in [5.41, 5.74) is 3.97. The summed E-state index contributed by atoms with van der Waals surface area (Å²) in [7, 11) is 4.82. The third kappa shape index (κ3) is 5.88. The monoisotopic (exact) mass is 591 g/mol. The number of anilines is 2. The normalized spacial score (nSPS) is 12.8. The molecule has 0 aliphatic heterocycles.